The number of aromatic carboxylic acids is 3. The van der Waals surface area contributed by atoms with Crippen molar-refractivity contribution in [1.29, 1.82) is 0 Å². The Hall–Kier alpha value is -9.64. The van der Waals surface area contributed by atoms with Gasteiger partial charge in [-0.2, -0.15) is 0 Å². The Morgan fingerprint density at radius 2 is 0.671 bits per heavy atom. The number of halogens is 1. The van der Waals surface area contributed by atoms with Gasteiger partial charge < -0.3 is 44.1 Å². The van der Waals surface area contributed by atoms with Gasteiger partial charge in [-0.05, 0) is 194 Å². The van der Waals surface area contributed by atoms with Gasteiger partial charge in [-0.3, -0.25) is 14.4 Å². The van der Waals surface area contributed by atoms with Crippen molar-refractivity contribution in [2.45, 2.75) is 12.8 Å². The summed E-state index contributed by atoms with van der Waals surface area (Å²) in [5.74, 6) is 1.49. The summed E-state index contributed by atoms with van der Waals surface area (Å²) in [6, 6.07) is 53.6. The van der Waals surface area contributed by atoms with E-state index in [2.05, 4.69) is 15.9 Å². The number of hydrogen-bond acceptors (Lipinski definition) is 12. The highest BCUT2D eigenvalue weighted by atomic mass is 79.9. The Morgan fingerprint density at radius 3 is 0.961 bits per heavy atom. The predicted molar refractivity (Wildman–Crippen MR) is 288 cm³/mol. The van der Waals surface area contributed by atoms with Crippen LogP contribution >= 0.6 is 15.9 Å². The van der Waals surface area contributed by atoms with Gasteiger partial charge in [-0.15, -0.1) is 0 Å². The lowest BCUT2D eigenvalue weighted by Gasteiger charge is -2.07. The Balaban J connectivity index is 0.000000209. The van der Waals surface area contributed by atoms with Crippen LogP contribution in [-0.2, 0) is 9.53 Å². The minimum absolute atomic E-state index is 0.181. The second-order valence-electron chi connectivity index (χ2n) is 15.6. The summed E-state index contributed by atoms with van der Waals surface area (Å²) in [6.07, 6.45) is 8.04. The molecule has 76 heavy (non-hydrogen) atoms. The van der Waals surface area contributed by atoms with Crippen LogP contribution in [0.4, 0.5) is 0 Å². The van der Waals surface area contributed by atoms with Crippen molar-refractivity contribution in [2.75, 3.05) is 13.2 Å². The first-order valence-corrected chi connectivity index (χ1v) is 23.7. The summed E-state index contributed by atoms with van der Waals surface area (Å²) in [6.45, 7) is 2.38. The highest BCUT2D eigenvalue weighted by molar-refractivity contribution is 9.10. The number of carbonyl (C=O) groups excluding carboxylic acids is 3. The van der Waals surface area contributed by atoms with E-state index in [1.807, 2.05) is 60.7 Å². The largest absolute Gasteiger partial charge is 0.508 e. The van der Waals surface area contributed by atoms with Gasteiger partial charge in [-0.1, -0.05) is 52.3 Å². The van der Waals surface area contributed by atoms with E-state index >= 15 is 0 Å². The smallest absolute Gasteiger partial charge is 0.335 e. The number of aromatic hydroxyl groups is 1. The summed E-state index contributed by atoms with van der Waals surface area (Å²) in [4.78, 5) is 62.8. The molecule has 15 nitrogen and oxygen atoms in total. The zero-order valence-corrected chi connectivity index (χ0v) is 41.9. The van der Waals surface area contributed by atoms with E-state index < -0.39 is 17.9 Å². The monoisotopic (exact) mass is 1090 g/mol. The van der Waals surface area contributed by atoms with E-state index in [1.54, 1.807) is 109 Å². The molecule has 1 aliphatic heterocycles. The van der Waals surface area contributed by atoms with Gasteiger partial charge in [0.2, 0.25) is 0 Å². The van der Waals surface area contributed by atoms with Crippen LogP contribution in [0.2, 0.25) is 0 Å². The number of phenols is 1. The minimum Gasteiger partial charge on any atom is -0.508 e. The van der Waals surface area contributed by atoms with Crippen LogP contribution in [0, 0.1) is 0 Å². The number of phenolic OH excluding ortho intramolecular Hbond substituents is 1. The third kappa shape index (κ3) is 20.8. The maximum absolute atomic E-state index is 10.9. The molecule has 8 aromatic carbocycles. The number of hydrogen-bond donors (Lipinski definition) is 4. The van der Waals surface area contributed by atoms with E-state index in [4.69, 9.17) is 44.1 Å². The molecule has 0 radical (unpaired) electrons. The molecule has 0 saturated carbocycles. The number of carboxylic acids is 3. The van der Waals surface area contributed by atoms with Crippen LogP contribution in [-0.4, -0.2) is 70.6 Å². The standard InChI is InChI=1S/C28H20O6.C14H10O4.C7H5BrO2.C7H6O2.C4H8O/c29-19-32-23-15-17-27(18-16-23)34-25-11-5-21(6-12-25)2-1-20-3-9-24(10-4-20)33-26-13-7-22(8-14-26)28(30)31;15-9-10-1-5-12(6-2-10)18-13-7-3-11(4-8-13)14(16)17;8-6-3-1-5(2-4-6)7(9)10;8-5-6-1-3-7(9)4-2-6;1-2-4-5-3-1/h1-19H,(H,30,31);1-9H,(H,16,17);1-4H,(H,9,10);1-5,9H;1-4H2/b2-1+;;;;. The molecule has 1 aliphatic rings. The van der Waals surface area contributed by atoms with Crippen LogP contribution < -0.4 is 18.9 Å². The molecule has 1 saturated heterocycles. The van der Waals surface area contributed by atoms with Crippen LogP contribution in [0.1, 0.15) is 75.8 Å². The maximum Gasteiger partial charge on any atom is 0.335 e. The highest BCUT2D eigenvalue weighted by Gasteiger charge is 2.06. The second kappa shape index (κ2) is 31.1. The fourth-order valence-corrected chi connectivity index (χ4v) is 6.40. The lowest BCUT2D eigenvalue weighted by atomic mass is 10.1. The first kappa shape index (κ1) is 57.3. The molecule has 0 spiro atoms. The van der Waals surface area contributed by atoms with Gasteiger partial charge in [0.1, 0.15) is 58.6 Å². The van der Waals surface area contributed by atoms with Crippen LogP contribution in [0.3, 0.4) is 0 Å². The fraction of sp³-hybridized carbons (Fsp3) is 0.0667. The molecule has 1 fully saturated rings. The zero-order valence-electron chi connectivity index (χ0n) is 40.3. The van der Waals surface area contributed by atoms with Crippen molar-refractivity contribution in [3.05, 3.63) is 238 Å². The lowest BCUT2D eigenvalue weighted by molar-refractivity contribution is -0.120. The van der Waals surface area contributed by atoms with Crippen molar-refractivity contribution in [3.8, 4) is 46.0 Å². The molecule has 8 aromatic rings. The number of benzene rings is 8. The third-order valence-corrected chi connectivity index (χ3v) is 10.6. The van der Waals surface area contributed by atoms with Crippen molar-refractivity contribution in [2.24, 2.45) is 0 Å². The van der Waals surface area contributed by atoms with Crippen molar-refractivity contribution >= 4 is 65.0 Å². The Kier molecular flexibility index (Phi) is 23.4. The summed E-state index contributed by atoms with van der Waals surface area (Å²) >= 11 is 3.20. The topological polar surface area (TPSA) is 229 Å². The summed E-state index contributed by atoms with van der Waals surface area (Å²) in [5, 5.41) is 34.9. The van der Waals surface area contributed by atoms with Gasteiger partial charge in [0.05, 0.1) is 16.7 Å². The molecule has 4 N–H and O–H groups in total. The predicted octanol–water partition coefficient (Wildman–Crippen LogP) is 13.8. The quantitative estimate of drug-likeness (QED) is 0.0553. The average Bonchev–Trinajstić information content (AvgIpc) is 4.04. The SMILES string of the molecule is C1CCOC1.O=C(O)c1ccc(Br)cc1.O=COc1ccc(Oc2ccc(/C=C/c3ccc(Oc4ccc(C(=O)O)cc4)cc3)cc2)cc1.O=Cc1ccc(O)cc1.O=Cc1ccc(Oc2ccc(C(=O)O)cc2)cc1. The van der Waals surface area contributed by atoms with E-state index in [0.29, 0.717) is 63.4 Å². The number of rotatable bonds is 15. The molecule has 0 atom stereocenters. The summed E-state index contributed by atoms with van der Waals surface area (Å²) in [5.41, 5.74) is 3.90. The van der Waals surface area contributed by atoms with Gasteiger partial charge >= 0.3 is 17.9 Å². The fourth-order valence-electron chi connectivity index (χ4n) is 6.14. The third-order valence-electron chi connectivity index (χ3n) is 10.1. The summed E-state index contributed by atoms with van der Waals surface area (Å²) in [7, 11) is 0. The van der Waals surface area contributed by atoms with Crippen molar-refractivity contribution in [1.82, 2.24) is 0 Å². The number of aldehydes is 2. The van der Waals surface area contributed by atoms with Gasteiger partial charge in [-0.25, -0.2) is 14.4 Å². The first-order valence-electron chi connectivity index (χ1n) is 23.0. The Bertz CT molecular complexity index is 3090. The Morgan fingerprint density at radius 1 is 0.395 bits per heavy atom. The molecular weight excluding hydrogens is 1040 g/mol. The second-order valence-corrected chi connectivity index (χ2v) is 16.6. The van der Waals surface area contributed by atoms with Crippen molar-refractivity contribution < 1.29 is 72.9 Å². The summed E-state index contributed by atoms with van der Waals surface area (Å²) < 4.78 is 27.7. The van der Waals surface area contributed by atoms with Crippen LogP contribution in [0.15, 0.2) is 199 Å². The first-order chi connectivity index (χ1) is 36.8. The van der Waals surface area contributed by atoms with E-state index in [0.717, 1.165) is 41.4 Å². The molecule has 0 aromatic heterocycles. The normalized spacial score (nSPS) is 10.9. The molecule has 0 unspecified atom stereocenters. The van der Waals surface area contributed by atoms with Gasteiger partial charge in [0.15, 0.2) is 0 Å². The molecule has 1 heterocycles. The molecule has 0 aliphatic carbocycles. The van der Waals surface area contributed by atoms with E-state index in [9.17, 15) is 28.8 Å². The maximum atomic E-state index is 10.9. The average molecular weight is 1090 g/mol. The lowest BCUT2D eigenvalue weighted by Crippen LogP contribution is -1.95. The molecule has 0 bridgehead atoms. The van der Waals surface area contributed by atoms with Crippen molar-refractivity contribution in [3.63, 3.8) is 0 Å². The highest BCUT2D eigenvalue weighted by Crippen LogP contribution is 2.26. The van der Waals surface area contributed by atoms with Gasteiger partial charge in [0.25, 0.3) is 6.47 Å². The number of carboxylic acid groups (broad SMARTS) is 3. The van der Waals surface area contributed by atoms with Gasteiger partial charge in [0, 0.05) is 28.8 Å². The number of ether oxygens (including phenoxy) is 5. The molecule has 16 heteroatoms. The van der Waals surface area contributed by atoms with E-state index in [-0.39, 0.29) is 16.9 Å². The Labute approximate surface area is 445 Å². The molecule has 9 rings (SSSR count). The van der Waals surface area contributed by atoms with E-state index in [1.165, 1.54) is 49.2 Å². The molecule has 0 amide bonds. The number of carbonyl (C=O) groups is 6. The minimum atomic E-state index is -0.975. The van der Waals surface area contributed by atoms with Crippen LogP contribution in [0.5, 0.6) is 46.0 Å². The molecular formula is C60H49BrO15. The molecule has 386 valence electrons. The zero-order chi connectivity index (χ0) is 54.5. The van der Waals surface area contributed by atoms with Crippen LogP contribution in [0.25, 0.3) is 12.2 Å².